The lowest BCUT2D eigenvalue weighted by Gasteiger charge is -2.29. The summed E-state index contributed by atoms with van der Waals surface area (Å²) in [5.41, 5.74) is -0.420. The molecule has 0 amide bonds. The van der Waals surface area contributed by atoms with E-state index < -0.39 is 17.3 Å². The van der Waals surface area contributed by atoms with Gasteiger partial charge in [-0.15, -0.1) is 0 Å². The fourth-order valence-corrected chi connectivity index (χ4v) is 2.36. The Morgan fingerprint density at radius 3 is 2.50 bits per heavy atom. The van der Waals surface area contributed by atoms with Crippen molar-refractivity contribution in [1.29, 1.82) is 0 Å². The van der Waals surface area contributed by atoms with Crippen LogP contribution in [-0.4, -0.2) is 36.3 Å². The van der Waals surface area contributed by atoms with Crippen LogP contribution >= 0.6 is 0 Å². The van der Waals surface area contributed by atoms with E-state index in [0.29, 0.717) is 22.3 Å². The standard InChI is InChI=1S/C20H26O6/c1-12(2)15(21)10-14-16(25-11-17(22)20(3,4)24-5)8-6-13-7-9-18(23)26-19(13)14/h6-9,12,17,22H,10-11H2,1-5H3/t17-/m1/s1. The summed E-state index contributed by atoms with van der Waals surface area (Å²) in [6, 6.07) is 6.46. The highest BCUT2D eigenvalue weighted by Crippen LogP contribution is 2.29. The van der Waals surface area contributed by atoms with Gasteiger partial charge in [-0.3, -0.25) is 4.79 Å². The van der Waals surface area contributed by atoms with E-state index in [1.807, 2.05) is 13.8 Å². The maximum absolute atomic E-state index is 12.3. The third-order valence-electron chi connectivity index (χ3n) is 4.57. The molecule has 1 atom stereocenters. The molecule has 0 aliphatic heterocycles. The number of hydrogen-bond acceptors (Lipinski definition) is 6. The maximum atomic E-state index is 12.3. The van der Waals surface area contributed by atoms with Crippen LogP contribution in [-0.2, 0) is 16.0 Å². The molecule has 6 heteroatoms. The molecule has 0 spiro atoms. The predicted octanol–water partition coefficient (Wildman–Crippen LogP) is 2.73. The van der Waals surface area contributed by atoms with E-state index in [-0.39, 0.29) is 24.7 Å². The molecule has 0 bridgehead atoms. The molecule has 0 aliphatic rings. The van der Waals surface area contributed by atoms with Crippen LogP contribution in [0.4, 0.5) is 0 Å². The van der Waals surface area contributed by atoms with Gasteiger partial charge in [0.15, 0.2) is 0 Å². The minimum Gasteiger partial charge on any atom is -0.490 e. The van der Waals surface area contributed by atoms with Gasteiger partial charge in [-0.2, -0.15) is 0 Å². The third kappa shape index (κ3) is 4.51. The molecule has 0 fully saturated rings. The van der Waals surface area contributed by atoms with E-state index in [1.165, 1.54) is 13.2 Å². The lowest BCUT2D eigenvalue weighted by Crippen LogP contribution is -2.42. The van der Waals surface area contributed by atoms with Gasteiger partial charge < -0.3 is 19.0 Å². The number of ether oxygens (including phenoxy) is 2. The zero-order valence-corrected chi connectivity index (χ0v) is 15.9. The van der Waals surface area contributed by atoms with Gasteiger partial charge in [0, 0.05) is 36.5 Å². The Balaban J connectivity index is 2.41. The van der Waals surface area contributed by atoms with E-state index in [0.717, 1.165) is 0 Å². The van der Waals surface area contributed by atoms with Crippen LogP contribution in [0.2, 0.25) is 0 Å². The van der Waals surface area contributed by atoms with E-state index >= 15 is 0 Å². The third-order valence-corrected chi connectivity index (χ3v) is 4.57. The molecule has 0 aliphatic carbocycles. The highest BCUT2D eigenvalue weighted by atomic mass is 16.5. The summed E-state index contributed by atoms with van der Waals surface area (Å²) in [5, 5.41) is 11.0. The van der Waals surface area contributed by atoms with Gasteiger partial charge in [-0.25, -0.2) is 4.79 Å². The van der Waals surface area contributed by atoms with Crippen LogP contribution in [0, 0.1) is 5.92 Å². The Kier molecular flexibility index (Phi) is 6.21. The van der Waals surface area contributed by atoms with Crippen molar-refractivity contribution in [2.75, 3.05) is 13.7 Å². The fourth-order valence-electron chi connectivity index (χ4n) is 2.36. The number of Topliss-reactive ketones (excluding diaryl/α,β-unsaturated/α-hetero) is 1. The number of rotatable bonds is 8. The zero-order chi connectivity index (χ0) is 19.5. The number of benzene rings is 1. The van der Waals surface area contributed by atoms with Gasteiger partial charge in [0.1, 0.15) is 29.8 Å². The summed E-state index contributed by atoms with van der Waals surface area (Å²) in [5.74, 6) is 0.255. The number of carbonyl (C=O) groups excluding carboxylic acids is 1. The van der Waals surface area contributed by atoms with E-state index in [4.69, 9.17) is 13.9 Å². The summed E-state index contributed by atoms with van der Waals surface area (Å²) in [4.78, 5) is 23.9. The summed E-state index contributed by atoms with van der Waals surface area (Å²) in [6.45, 7) is 7.11. The molecule has 0 saturated heterocycles. The predicted molar refractivity (Wildman–Crippen MR) is 98.6 cm³/mol. The second kappa shape index (κ2) is 8.01. The molecule has 1 aromatic heterocycles. The summed E-state index contributed by atoms with van der Waals surface area (Å²) in [6.07, 6.45) is -0.791. The van der Waals surface area contributed by atoms with E-state index in [2.05, 4.69) is 0 Å². The van der Waals surface area contributed by atoms with Gasteiger partial charge in [-0.05, 0) is 32.0 Å². The van der Waals surface area contributed by atoms with Gasteiger partial charge in [0.2, 0.25) is 0 Å². The van der Waals surface area contributed by atoms with Crippen LogP contribution < -0.4 is 10.4 Å². The van der Waals surface area contributed by atoms with Gasteiger partial charge in [0.05, 0.1) is 5.60 Å². The Labute approximate surface area is 152 Å². The lowest BCUT2D eigenvalue weighted by molar-refractivity contribution is -0.121. The molecule has 0 unspecified atom stereocenters. The van der Waals surface area contributed by atoms with Crippen molar-refractivity contribution in [3.8, 4) is 5.75 Å². The van der Waals surface area contributed by atoms with Gasteiger partial charge >= 0.3 is 5.63 Å². The summed E-state index contributed by atoms with van der Waals surface area (Å²) in [7, 11) is 1.51. The van der Waals surface area contributed by atoms with Crippen molar-refractivity contribution >= 4 is 16.8 Å². The molecule has 26 heavy (non-hydrogen) atoms. The first-order chi connectivity index (χ1) is 12.2. The van der Waals surface area contributed by atoms with Crippen molar-refractivity contribution < 1.29 is 23.8 Å². The number of carbonyl (C=O) groups is 1. The number of aliphatic hydroxyl groups excluding tert-OH is 1. The largest absolute Gasteiger partial charge is 0.490 e. The van der Waals surface area contributed by atoms with Crippen molar-refractivity contribution in [3.63, 3.8) is 0 Å². The second-order valence-corrected chi connectivity index (χ2v) is 7.15. The van der Waals surface area contributed by atoms with Crippen LogP contribution in [0.15, 0.2) is 33.5 Å². The Morgan fingerprint density at radius 1 is 1.23 bits per heavy atom. The fraction of sp³-hybridized carbons (Fsp3) is 0.500. The van der Waals surface area contributed by atoms with Gasteiger partial charge in [-0.1, -0.05) is 13.8 Å². The van der Waals surface area contributed by atoms with E-state index in [9.17, 15) is 14.7 Å². The van der Waals surface area contributed by atoms with Crippen molar-refractivity contribution in [2.24, 2.45) is 5.92 Å². The highest BCUT2D eigenvalue weighted by Gasteiger charge is 2.28. The number of methoxy groups -OCH3 is 1. The van der Waals surface area contributed by atoms with E-state index in [1.54, 1.807) is 32.0 Å². The first kappa shape index (κ1) is 20.1. The molecule has 2 rings (SSSR count). The highest BCUT2D eigenvalue weighted by molar-refractivity contribution is 5.90. The van der Waals surface area contributed by atoms with Crippen LogP contribution in [0.5, 0.6) is 5.75 Å². The average Bonchev–Trinajstić information content (AvgIpc) is 2.60. The monoisotopic (exact) mass is 362 g/mol. The number of hydrogen-bond donors (Lipinski definition) is 1. The molecule has 1 aromatic carbocycles. The molecule has 0 radical (unpaired) electrons. The topological polar surface area (TPSA) is 86.0 Å². The van der Waals surface area contributed by atoms with Crippen LogP contribution in [0.25, 0.3) is 11.0 Å². The lowest BCUT2D eigenvalue weighted by atomic mass is 9.98. The molecule has 1 heterocycles. The molecule has 6 nitrogen and oxygen atoms in total. The minimum atomic E-state index is -0.875. The summed E-state index contributed by atoms with van der Waals surface area (Å²) < 4.78 is 16.4. The van der Waals surface area contributed by atoms with Crippen molar-refractivity contribution in [1.82, 2.24) is 0 Å². The number of aliphatic hydroxyl groups is 1. The van der Waals surface area contributed by atoms with Crippen molar-refractivity contribution in [2.45, 2.75) is 45.8 Å². The maximum Gasteiger partial charge on any atom is 0.336 e. The Hall–Kier alpha value is -2.18. The smallest absolute Gasteiger partial charge is 0.336 e. The Bertz CT molecular complexity index is 834. The molecule has 0 saturated carbocycles. The Morgan fingerprint density at radius 2 is 1.88 bits per heavy atom. The summed E-state index contributed by atoms with van der Waals surface area (Å²) >= 11 is 0. The molecular formula is C20H26O6. The van der Waals surface area contributed by atoms with Crippen LogP contribution in [0.3, 0.4) is 0 Å². The SMILES string of the molecule is COC(C)(C)[C@H](O)COc1ccc2ccc(=O)oc2c1CC(=O)C(C)C. The average molecular weight is 362 g/mol. The van der Waals surface area contributed by atoms with Crippen molar-refractivity contribution in [3.05, 3.63) is 40.2 Å². The normalized spacial score (nSPS) is 13.2. The number of fused-ring (bicyclic) bond motifs is 1. The van der Waals surface area contributed by atoms with Crippen LogP contribution in [0.1, 0.15) is 33.3 Å². The first-order valence-corrected chi connectivity index (χ1v) is 8.60. The number of ketones is 1. The first-order valence-electron chi connectivity index (χ1n) is 8.60. The molecule has 142 valence electrons. The van der Waals surface area contributed by atoms with Gasteiger partial charge in [0.25, 0.3) is 0 Å². The minimum absolute atomic E-state index is 0.00613. The molecule has 2 aromatic rings. The zero-order valence-electron chi connectivity index (χ0n) is 15.9. The quantitative estimate of drug-likeness (QED) is 0.727. The second-order valence-electron chi connectivity index (χ2n) is 7.15. The molecular weight excluding hydrogens is 336 g/mol. The molecule has 1 N–H and O–H groups in total.